The average molecular weight is 413 g/mol. The quantitative estimate of drug-likeness (QED) is 0.751. The highest BCUT2D eigenvalue weighted by molar-refractivity contribution is 7.14. The van der Waals surface area contributed by atoms with Gasteiger partial charge in [0.15, 0.2) is 11.7 Å². The average Bonchev–Trinajstić information content (AvgIpc) is 3.15. The first-order valence-corrected chi connectivity index (χ1v) is 10.9. The largest absolute Gasteiger partial charge is 0.455 e. The van der Waals surface area contributed by atoms with E-state index in [4.69, 9.17) is 4.74 Å². The van der Waals surface area contributed by atoms with Crippen LogP contribution in [0.2, 0.25) is 0 Å². The van der Waals surface area contributed by atoms with Crippen molar-refractivity contribution >= 4 is 34.1 Å². The molecule has 3 atom stereocenters. The van der Waals surface area contributed by atoms with Crippen LogP contribution in [0, 0.1) is 24.7 Å². The van der Waals surface area contributed by atoms with Crippen molar-refractivity contribution in [3.05, 3.63) is 35.2 Å². The van der Waals surface area contributed by atoms with Crippen LogP contribution in [-0.2, 0) is 19.1 Å². The van der Waals surface area contributed by atoms with Crippen LogP contribution in [0.5, 0.6) is 0 Å². The van der Waals surface area contributed by atoms with E-state index in [2.05, 4.69) is 10.3 Å². The number of carbonyl (C=O) groups excluding carboxylic acids is 3. The summed E-state index contributed by atoms with van der Waals surface area (Å²) in [6.07, 6.45) is 3.91. The van der Waals surface area contributed by atoms with Crippen molar-refractivity contribution in [2.45, 2.75) is 39.0 Å². The predicted molar refractivity (Wildman–Crippen MR) is 110 cm³/mol. The molecule has 7 heteroatoms. The Labute approximate surface area is 173 Å². The highest BCUT2D eigenvalue weighted by Crippen LogP contribution is 2.40. The van der Waals surface area contributed by atoms with Crippen molar-refractivity contribution in [2.75, 3.05) is 11.9 Å². The number of esters is 1. The maximum Gasteiger partial charge on any atom is 0.309 e. The van der Waals surface area contributed by atoms with Gasteiger partial charge in [0.1, 0.15) is 5.78 Å². The van der Waals surface area contributed by atoms with Crippen molar-refractivity contribution in [1.82, 2.24) is 4.98 Å². The van der Waals surface area contributed by atoms with Gasteiger partial charge >= 0.3 is 5.97 Å². The number of aromatic nitrogens is 1. The molecule has 6 nitrogen and oxygen atoms in total. The van der Waals surface area contributed by atoms with Gasteiger partial charge in [-0.05, 0) is 32.6 Å². The minimum Gasteiger partial charge on any atom is -0.455 e. The Hall–Kier alpha value is -2.54. The summed E-state index contributed by atoms with van der Waals surface area (Å²) in [4.78, 5) is 41.1. The Morgan fingerprint density at radius 1 is 1.17 bits per heavy atom. The number of ether oxygens (including phenoxy) is 1. The van der Waals surface area contributed by atoms with E-state index in [1.54, 1.807) is 0 Å². The number of ketones is 1. The molecule has 2 saturated carbocycles. The summed E-state index contributed by atoms with van der Waals surface area (Å²) in [5.41, 5.74) is 2.95. The van der Waals surface area contributed by atoms with Gasteiger partial charge in [-0.25, -0.2) is 4.98 Å². The number of fused-ring (bicyclic) bond motifs is 2. The Kier molecular flexibility index (Phi) is 5.76. The number of hydrogen-bond donors (Lipinski definition) is 1. The first kappa shape index (κ1) is 19.8. The summed E-state index contributed by atoms with van der Waals surface area (Å²) < 4.78 is 5.24. The molecule has 1 unspecified atom stereocenters. The molecule has 0 saturated heterocycles. The Bertz CT molecular complexity index is 905. The summed E-state index contributed by atoms with van der Waals surface area (Å²) in [6.45, 7) is 1.69. The third-order valence-electron chi connectivity index (χ3n) is 5.82. The molecule has 2 aliphatic rings. The van der Waals surface area contributed by atoms with E-state index in [-0.39, 0.29) is 30.3 Å². The molecule has 1 N–H and O–H groups in total. The summed E-state index contributed by atoms with van der Waals surface area (Å²) in [5, 5.41) is 5.04. The number of nitrogens with zero attached hydrogens (tertiary/aromatic N) is 1. The smallest absolute Gasteiger partial charge is 0.309 e. The lowest BCUT2D eigenvalue weighted by atomic mass is 9.67. The fourth-order valence-electron chi connectivity index (χ4n) is 4.27. The van der Waals surface area contributed by atoms with Gasteiger partial charge in [0.2, 0.25) is 0 Å². The number of rotatable bonds is 5. The van der Waals surface area contributed by atoms with Crippen LogP contribution in [0.25, 0.3) is 11.3 Å². The molecular weight excluding hydrogens is 388 g/mol. The molecule has 2 bridgehead atoms. The van der Waals surface area contributed by atoms with E-state index >= 15 is 0 Å². The number of benzene rings is 1. The zero-order valence-electron chi connectivity index (χ0n) is 16.3. The molecule has 2 aliphatic carbocycles. The van der Waals surface area contributed by atoms with Crippen LogP contribution in [-0.4, -0.2) is 29.3 Å². The molecule has 0 radical (unpaired) electrons. The highest BCUT2D eigenvalue weighted by Gasteiger charge is 2.41. The number of hydrogen-bond acceptors (Lipinski definition) is 6. The summed E-state index contributed by atoms with van der Waals surface area (Å²) in [6, 6.07) is 8.00. The lowest BCUT2D eigenvalue weighted by Gasteiger charge is -2.36. The molecule has 29 heavy (non-hydrogen) atoms. The molecule has 1 aromatic heterocycles. The fourth-order valence-corrected chi connectivity index (χ4v) is 5.01. The van der Waals surface area contributed by atoms with Gasteiger partial charge in [-0.1, -0.05) is 36.2 Å². The molecule has 1 amide bonds. The lowest BCUT2D eigenvalue weighted by Crippen LogP contribution is -2.40. The molecule has 1 aromatic carbocycles. The first-order valence-electron chi connectivity index (χ1n) is 10.0. The highest BCUT2D eigenvalue weighted by atomic mass is 32.1. The standard InChI is InChI=1S/C22H24N2O4S/c1-13-5-7-14(8-6-13)18-12-29-22(23-18)24-19(25)11-28-21(27)17-9-15-3-2-4-16(10-17)20(15)26/h5-8,12,15-17H,2-4,9-11H2,1H3,(H,23,24,25)/t15-,16+,17?. The van der Waals surface area contributed by atoms with Crippen molar-refractivity contribution in [2.24, 2.45) is 17.8 Å². The molecule has 1 heterocycles. The summed E-state index contributed by atoms with van der Waals surface area (Å²) >= 11 is 1.33. The fraction of sp³-hybridized carbons (Fsp3) is 0.455. The zero-order valence-corrected chi connectivity index (χ0v) is 17.2. The third-order valence-corrected chi connectivity index (χ3v) is 6.58. The maximum absolute atomic E-state index is 12.4. The molecule has 0 spiro atoms. The minimum atomic E-state index is -0.407. The number of Topliss-reactive ketones (excluding diaryl/α,β-unsaturated/α-hetero) is 1. The third kappa shape index (κ3) is 4.56. The molecule has 4 rings (SSSR count). The van der Waals surface area contributed by atoms with Crippen molar-refractivity contribution in [1.29, 1.82) is 0 Å². The number of anilines is 1. The SMILES string of the molecule is Cc1ccc(-c2csc(NC(=O)COC(=O)C3C[C@H]4CCC[C@@H](C3)C4=O)n2)cc1. The molecule has 152 valence electrons. The number of thiazole rings is 1. The molecule has 2 fully saturated rings. The molecular formula is C22H24N2O4S. The van der Waals surface area contributed by atoms with E-state index < -0.39 is 5.91 Å². The van der Waals surface area contributed by atoms with Crippen molar-refractivity contribution < 1.29 is 19.1 Å². The second-order valence-corrected chi connectivity index (χ2v) is 8.81. The van der Waals surface area contributed by atoms with E-state index in [0.717, 1.165) is 30.5 Å². The van der Waals surface area contributed by atoms with Crippen LogP contribution >= 0.6 is 11.3 Å². The maximum atomic E-state index is 12.4. The van der Waals surface area contributed by atoms with Gasteiger partial charge < -0.3 is 4.74 Å². The van der Waals surface area contributed by atoms with Crippen LogP contribution < -0.4 is 5.32 Å². The van der Waals surface area contributed by atoms with Crippen LogP contribution in [0.3, 0.4) is 0 Å². The van der Waals surface area contributed by atoms with E-state index in [1.165, 1.54) is 16.9 Å². The van der Waals surface area contributed by atoms with Gasteiger partial charge in [-0.2, -0.15) is 0 Å². The van der Waals surface area contributed by atoms with E-state index in [1.807, 2.05) is 36.6 Å². The van der Waals surface area contributed by atoms with E-state index in [0.29, 0.717) is 23.8 Å². The Balaban J connectivity index is 1.27. The summed E-state index contributed by atoms with van der Waals surface area (Å²) in [7, 11) is 0. The number of nitrogens with one attached hydrogen (secondary N) is 1. The molecule has 0 aliphatic heterocycles. The predicted octanol–water partition coefficient (Wildman–Crippen LogP) is 4.00. The second kappa shape index (κ2) is 8.45. The van der Waals surface area contributed by atoms with Gasteiger partial charge in [0, 0.05) is 22.8 Å². The topological polar surface area (TPSA) is 85.4 Å². The van der Waals surface area contributed by atoms with Gasteiger partial charge in [0.05, 0.1) is 11.6 Å². The zero-order chi connectivity index (χ0) is 20.4. The van der Waals surface area contributed by atoms with Crippen LogP contribution in [0.1, 0.15) is 37.7 Å². The Morgan fingerprint density at radius 2 is 1.86 bits per heavy atom. The summed E-state index contributed by atoms with van der Waals surface area (Å²) in [5.74, 6) is -0.761. The monoisotopic (exact) mass is 412 g/mol. The number of amides is 1. The van der Waals surface area contributed by atoms with Gasteiger partial charge in [0.25, 0.3) is 5.91 Å². The molecule has 2 aromatic rings. The van der Waals surface area contributed by atoms with Gasteiger partial charge in [-0.15, -0.1) is 11.3 Å². The van der Waals surface area contributed by atoms with Crippen LogP contribution in [0.15, 0.2) is 29.6 Å². The van der Waals surface area contributed by atoms with Crippen LogP contribution in [0.4, 0.5) is 5.13 Å². The minimum absolute atomic E-state index is 0.00982. The number of carbonyl (C=O) groups is 3. The van der Waals surface area contributed by atoms with E-state index in [9.17, 15) is 14.4 Å². The number of aryl methyl sites for hydroxylation is 1. The lowest BCUT2D eigenvalue weighted by molar-refractivity contribution is -0.155. The van der Waals surface area contributed by atoms with Crippen molar-refractivity contribution in [3.8, 4) is 11.3 Å². The first-order chi connectivity index (χ1) is 14.0. The van der Waals surface area contributed by atoms with Gasteiger partial charge in [-0.3, -0.25) is 19.7 Å². The Morgan fingerprint density at radius 3 is 2.55 bits per heavy atom. The van der Waals surface area contributed by atoms with Crippen molar-refractivity contribution in [3.63, 3.8) is 0 Å². The second-order valence-electron chi connectivity index (χ2n) is 7.96. The normalized spacial score (nSPS) is 23.5.